The van der Waals surface area contributed by atoms with E-state index in [2.05, 4.69) is 27.7 Å². The molecule has 0 saturated heterocycles. The monoisotopic (exact) mass is 138 g/mol. The highest BCUT2D eigenvalue weighted by Gasteiger charge is 2.14. The summed E-state index contributed by atoms with van der Waals surface area (Å²) in [5.74, 6) is 0.787. The maximum absolute atomic E-state index is 5.96. The van der Waals surface area contributed by atoms with Gasteiger partial charge in [-0.05, 0) is 5.92 Å². The third kappa shape index (κ3) is 4.90. The maximum atomic E-state index is 5.96. The molecule has 58 valence electrons. The molecule has 0 aromatic rings. The largest absolute Gasteiger partial charge is 0.0742 e. The van der Waals surface area contributed by atoms with Crippen LogP contribution < -0.4 is 0 Å². The lowest BCUT2D eigenvalue weighted by Gasteiger charge is -2.23. The SMILES string of the molecule is [B]C(C)(CC)CCC(C)C. The Morgan fingerprint density at radius 2 is 1.90 bits per heavy atom. The van der Waals surface area contributed by atoms with Crippen LogP contribution in [0.25, 0.3) is 0 Å². The maximum Gasteiger partial charge on any atom is 0.0742 e. The lowest BCUT2D eigenvalue weighted by atomic mass is 9.65. The van der Waals surface area contributed by atoms with Crippen LogP contribution in [0.15, 0.2) is 0 Å². The summed E-state index contributed by atoms with van der Waals surface area (Å²) in [6.07, 6.45) is 3.49. The van der Waals surface area contributed by atoms with Crippen molar-refractivity contribution in [2.45, 2.75) is 52.3 Å². The number of hydrogen-bond donors (Lipinski definition) is 0. The molecule has 0 aliphatic rings. The van der Waals surface area contributed by atoms with Crippen molar-refractivity contribution in [3.8, 4) is 0 Å². The summed E-state index contributed by atoms with van der Waals surface area (Å²) >= 11 is 0. The van der Waals surface area contributed by atoms with Crippen molar-refractivity contribution in [1.82, 2.24) is 0 Å². The molecule has 0 amide bonds. The Kier molecular flexibility index (Phi) is 4.08. The van der Waals surface area contributed by atoms with Crippen molar-refractivity contribution in [3.05, 3.63) is 0 Å². The van der Waals surface area contributed by atoms with Crippen LogP contribution in [0.5, 0.6) is 0 Å². The Balaban J connectivity index is 3.46. The molecular formula is C9H19B. The van der Waals surface area contributed by atoms with Gasteiger partial charge in [-0.15, -0.1) is 0 Å². The molecule has 0 aromatic heterocycles. The molecule has 0 heterocycles. The average Bonchev–Trinajstić information content (AvgIpc) is 1.85. The standard InChI is InChI=1S/C9H19B/c1-5-9(4,10)7-6-8(2)3/h8H,5-7H2,1-4H3. The second-order valence-electron chi connectivity index (χ2n) is 3.94. The Labute approximate surface area is 66.8 Å². The Morgan fingerprint density at radius 3 is 2.20 bits per heavy atom. The summed E-state index contributed by atoms with van der Waals surface area (Å²) in [5, 5.41) is 0.0737. The molecule has 0 spiro atoms. The first kappa shape index (κ1) is 10.1. The zero-order chi connectivity index (χ0) is 8.20. The fraction of sp³-hybridized carbons (Fsp3) is 1.00. The molecule has 0 saturated carbocycles. The van der Waals surface area contributed by atoms with Crippen molar-refractivity contribution in [2.75, 3.05) is 0 Å². The van der Waals surface area contributed by atoms with Crippen molar-refractivity contribution >= 4 is 7.85 Å². The lowest BCUT2D eigenvalue weighted by Crippen LogP contribution is -2.07. The molecule has 0 aliphatic carbocycles. The van der Waals surface area contributed by atoms with Gasteiger partial charge in [0.15, 0.2) is 0 Å². The molecule has 0 nitrogen and oxygen atoms in total. The molecule has 1 atom stereocenters. The van der Waals surface area contributed by atoms with E-state index < -0.39 is 0 Å². The summed E-state index contributed by atoms with van der Waals surface area (Å²) in [7, 11) is 5.96. The van der Waals surface area contributed by atoms with Crippen LogP contribution in [0.4, 0.5) is 0 Å². The summed E-state index contributed by atoms with van der Waals surface area (Å²) in [4.78, 5) is 0. The summed E-state index contributed by atoms with van der Waals surface area (Å²) < 4.78 is 0. The van der Waals surface area contributed by atoms with Gasteiger partial charge in [-0.2, -0.15) is 0 Å². The van der Waals surface area contributed by atoms with Gasteiger partial charge in [-0.25, -0.2) is 0 Å². The van der Waals surface area contributed by atoms with Gasteiger partial charge >= 0.3 is 0 Å². The molecule has 1 unspecified atom stereocenters. The van der Waals surface area contributed by atoms with Gasteiger partial charge < -0.3 is 0 Å². The van der Waals surface area contributed by atoms with E-state index in [-0.39, 0.29) is 5.31 Å². The number of rotatable bonds is 4. The molecule has 1 heteroatoms. The molecule has 0 bridgehead atoms. The van der Waals surface area contributed by atoms with E-state index in [0.29, 0.717) is 0 Å². The van der Waals surface area contributed by atoms with Gasteiger partial charge in [0.2, 0.25) is 0 Å². The fourth-order valence-electron chi connectivity index (χ4n) is 0.795. The van der Waals surface area contributed by atoms with Gasteiger partial charge in [0.05, 0.1) is 7.85 Å². The van der Waals surface area contributed by atoms with Crippen LogP contribution in [0.2, 0.25) is 5.31 Å². The van der Waals surface area contributed by atoms with Crippen LogP contribution in [-0.4, -0.2) is 7.85 Å². The molecule has 2 radical (unpaired) electrons. The first-order chi connectivity index (χ1) is 4.48. The normalized spacial score (nSPS) is 17.3. The van der Waals surface area contributed by atoms with E-state index in [4.69, 9.17) is 7.85 Å². The Bertz CT molecular complexity index is 84.7. The molecular weight excluding hydrogens is 119 g/mol. The lowest BCUT2D eigenvalue weighted by molar-refractivity contribution is 0.458. The second kappa shape index (κ2) is 4.05. The van der Waals surface area contributed by atoms with Crippen molar-refractivity contribution in [1.29, 1.82) is 0 Å². The van der Waals surface area contributed by atoms with Crippen molar-refractivity contribution in [3.63, 3.8) is 0 Å². The Hall–Kier alpha value is 0.0649. The first-order valence-corrected chi connectivity index (χ1v) is 4.27. The summed E-state index contributed by atoms with van der Waals surface area (Å²) in [5.41, 5.74) is 0. The smallest absolute Gasteiger partial charge is 0.0691 e. The highest BCUT2D eigenvalue weighted by Crippen LogP contribution is 2.32. The van der Waals surface area contributed by atoms with E-state index in [0.717, 1.165) is 18.8 Å². The highest BCUT2D eigenvalue weighted by molar-refractivity contribution is 6.14. The third-order valence-electron chi connectivity index (χ3n) is 2.10. The van der Waals surface area contributed by atoms with Crippen LogP contribution in [0.1, 0.15) is 47.0 Å². The van der Waals surface area contributed by atoms with Crippen molar-refractivity contribution in [2.24, 2.45) is 5.92 Å². The minimum atomic E-state index is 0.0737. The average molecular weight is 138 g/mol. The molecule has 0 fully saturated rings. The quantitative estimate of drug-likeness (QED) is 0.523. The van der Waals surface area contributed by atoms with Crippen molar-refractivity contribution < 1.29 is 0 Å². The first-order valence-electron chi connectivity index (χ1n) is 4.27. The minimum absolute atomic E-state index is 0.0737. The van der Waals surface area contributed by atoms with Gasteiger partial charge in [0.1, 0.15) is 0 Å². The summed E-state index contributed by atoms with van der Waals surface area (Å²) in [6.45, 7) is 8.77. The second-order valence-corrected chi connectivity index (χ2v) is 3.94. The third-order valence-corrected chi connectivity index (χ3v) is 2.10. The molecule has 10 heavy (non-hydrogen) atoms. The fourth-order valence-corrected chi connectivity index (χ4v) is 0.795. The van der Waals surface area contributed by atoms with Crippen LogP contribution in [0.3, 0.4) is 0 Å². The molecule has 0 rings (SSSR count). The molecule has 0 N–H and O–H groups in total. The van der Waals surface area contributed by atoms with Crippen LogP contribution in [-0.2, 0) is 0 Å². The van der Waals surface area contributed by atoms with E-state index in [1.54, 1.807) is 0 Å². The zero-order valence-corrected chi connectivity index (χ0v) is 7.78. The number of hydrogen-bond acceptors (Lipinski definition) is 0. The van der Waals surface area contributed by atoms with Gasteiger partial charge in [-0.1, -0.05) is 52.3 Å². The van der Waals surface area contributed by atoms with E-state index in [9.17, 15) is 0 Å². The Morgan fingerprint density at radius 1 is 1.40 bits per heavy atom. The van der Waals surface area contributed by atoms with Gasteiger partial charge in [0.25, 0.3) is 0 Å². The molecule has 0 aliphatic heterocycles. The summed E-state index contributed by atoms with van der Waals surface area (Å²) in [6, 6.07) is 0. The van der Waals surface area contributed by atoms with Gasteiger partial charge in [-0.3, -0.25) is 0 Å². The topological polar surface area (TPSA) is 0 Å². The van der Waals surface area contributed by atoms with Crippen LogP contribution >= 0.6 is 0 Å². The van der Waals surface area contributed by atoms with Gasteiger partial charge in [0, 0.05) is 0 Å². The molecule has 0 aromatic carbocycles. The highest BCUT2D eigenvalue weighted by atomic mass is 14.1. The van der Waals surface area contributed by atoms with Crippen LogP contribution in [0, 0.1) is 5.92 Å². The predicted octanol–water partition coefficient (Wildman–Crippen LogP) is 3.18. The predicted molar refractivity (Wildman–Crippen MR) is 48.5 cm³/mol. The van der Waals surface area contributed by atoms with E-state index in [1.807, 2.05) is 0 Å². The van der Waals surface area contributed by atoms with E-state index in [1.165, 1.54) is 6.42 Å². The minimum Gasteiger partial charge on any atom is -0.0691 e. The van der Waals surface area contributed by atoms with E-state index >= 15 is 0 Å². The zero-order valence-electron chi connectivity index (χ0n) is 7.78.